The van der Waals surface area contributed by atoms with Crippen LogP contribution in [0.3, 0.4) is 0 Å². The van der Waals surface area contributed by atoms with Crippen molar-refractivity contribution in [3.8, 4) is 0 Å². The molecule has 0 amide bonds. The fraction of sp³-hybridized carbons (Fsp3) is 0.200. The molecule has 0 unspecified atom stereocenters. The largest absolute Gasteiger partial charge is 0.366 e. The summed E-state index contributed by atoms with van der Waals surface area (Å²) in [5.74, 6) is 1.47. The van der Waals surface area contributed by atoms with Crippen molar-refractivity contribution in [2.75, 3.05) is 16.8 Å². The lowest BCUT2D eigenvalue weighted by Crippen LogP contribution is -2.31. The predicted molar refractivity (Wildman–Crippen MR) is 97.0 cm³/mol. The zero-order valence-corrected chi connectivity index (χ0v) is 13.8. The van der Waals surface area contributed by atoms with E-state index in [2.05, 4.69) is 44.5 Å². The van der Waals surface area contributed by atoms with Gasteiger partial charge in [0.1, 0.15) is 23.8 Å². The monoisotopic (exact) mass is 334 g/mol. The third-order valence-electron chi connectivity index (χ3n) is 4.49. The van der Waals surface area contributed by atoms with Crippen molar-refractivity contribution in [3.63, 3.8) is 0 Å². The van der Waals surface area contributed by atoms with Crippen LogP contribution in [0.5, 0.6) is 0 Å². The Labute approximate surface area is 146 Å². The number of rotatable bonds is 4. The van der Waals surface area contributed by atoms with Crippen molar-refractivity contribution in [3.05, 3.63) is 83.4 Å². The topological polar surface area (TPSA) is 41.0 Å². The summed E-state index contributed by atoms with van der Waals surface area (Å²) < 4.78 is 13.0. The van der Waals surface area contributed by atoms with Crippen LogP contribution in [0.4, 0.5) is 16.0 Å². The molecule has 0 radical (unpaired) electrons. The lowest BCUT2D eigenvalue weighted by molar-refractivity contribution is 0.627. The number of nitrogens with zero attached hydrogens (tertiary/aromatic N) is 3. The standard InChI is InChI=1S/C20H19FN4/c21-18-7-5-15(6-8-18)12-22-19-11-20(24-14-23-19)25-10-9-16-3-1-2-4-17(16)13-25/h1-8,11,14H,9-10,12-13H2,(H,22,23,24). The Balaban J connectivity index is 1.45. The van der Waals surface area contributed by atoms with Gasteiger partial charge >= 0.3 is 0 Å². The summed E-state index contributed by atoms with van der Waals surface area (Å²) in [5, 5.41) is 3.28. The van der Waals surface area contributed by atoms with E-state index < -0.39 is 0 Å². The molecule has 0 saturated heterocycles. The molecule has 1 aliphatic heterocycles. The maximum absolute atomic E-state index is 13.0. The minimum atomic E-state index is -0.224. The molecule has 4 rings (SSSR count). The number of benzene rings is 2. The molecule has 0 spiro atoms. The minimum Gasteiger partial charge on any atom is -0.366 e. The van der Waals surface area contributed by atoms with E-state index in [4.69, 9.17) is 0 Å². The van der Waals surface area contributed by atoms with Gasteiger partial charge in [-0.05, 0) is 35.2 Å². The Hall–Kier alpha value is -2.95. The predicted octanol–water partition coefficient (Wildman–Crippen LogP) is 3.79. The molecule has 0 bridgehead atoms. The van der Waals surface area contributed by atoms with Gasteiger partial charge in [-0.3, -0.25) is 0 Å². The minimum absolute atomic E-state index is 0.224. The van der Waals surface area contributed by atoms with E-state index in [1.165, 1.54) is 23.3 Å². The van der Waals surface area contributed by atoms with Crippen molar-refractivity contribution in [1.82, 2.24) is 9.97 Å². The van der Waals surface area contributed by atoms with Crippen molar-refractivity contribution < 1.29 is 4.39 Å². The molecule has 1 aromatic heterocycles. The van der Waals surface area contributed by atoms with Crippen molar-refractivity contribution >= 4 is 11.6 Å². The van der Waals surface area contributed by atoms with E-state index in [0.717, 1.165) is 36.7 Å². The maximum Gasteiger partial charge on any atom is 0.134 e. The summed E-state index contributed by atoms with van der Waals surface area (Å²) in [7, 11) is 0. The number of fused-ring (bicyclic) bond motifs is 1. The highest BCUT2D eigenvalue weighted by Gasteiger charge is 2.17. The summed E-state index contributed by atoms with van der Waals surface area (Å²) in [4.78, 5) is 11.0. The van der Waals surface area contributed by atoms with Crippen LogP contribution in [0.2, 0.25) is 0 Å². The van der Waals surface area contributed by atoms with Crippen LogP contribution in [0.25, 0.3) is 0 Å². The molecule has 0 atom stereocenters. The van der Waals surface area contributed by atoms with Gasteiger partial charge in [0, 0.05) is 25.7 Å². The second-order valence-corrected chi connectivity index (χ2v) is 6.18. The van der Waals surface area contributed by atoms with Gasteiger partial charge in [0.05, 0.1) is 0 Å². The molecule has 1 aliphatic rings. The molecule has 5 heteroatoms. The first kappa shape index (κ1) is 15.6. The molecule has 1 N–H and O–H groups in total. The van der Waals surface area contributed by atoms with Crippen LogP contribution in [0.15, 0.2) is 60.9 Å². The number of aromatic nitrogens is 2. The molecule has 0 fully saturated rings. The third-order valence-corrected chi connectivity index (χ3v) is 4.49. The van der Waals surface area contributed by atoms with Crippen LogP contribution in [-0.4, -0.2) is 16.5 Å². The van der Waals surface area contributed by atoms with Gasteiger partial charge in [0.2, 0.25) is 0 Å². The first-order valence-electron chi connectivity index (χ1n) is 8.40. The molecular weight excluding hydrogens is 315 g/mol. The number of hydrogen-bond donors (Lipinski definition) is 1. The van der Waals surface area contributed by atoms with E-state index in [-0.39, 0.29) is 5.82 Å². The lowest BCUT2D eigenvalue weighted by Gasteiger charge is -2.29. The highest BCUT2D eigenvalue weighted by Crippen LogP contribution is 2.24. The zero-order chi connectivity index (χ0) is 17.1. The van der Waals surface area contributed by atoms with Gasteiger partial charge in [-0.25, -0.2) is 14.4 Å². The lowest BCUT2D eigenvalue weighted by atomic mass is 10.00. The quantitative estimate of drug-likeness (QED) is 0.788. The average Bonchev–Trinajstić information content (AvgIpc) is 2.67. The Bertz CT molecular complexity index is 864. The maximum atomic E-state index is 13.0. The zero-order valence-electron chi connectivity index (χ0n) is 13.8. The van der Waals surface area contributed by atoms with Crippen molar-refractivity contribution in [2.45, 2.75) is 19.5 Å². The molecule has 126 valence electrons. The third kappa shape index (κ3) is 3.60. The molecule has 3 aromatic rings. The SMILES string of the molecule is Fc1ccc(CNc2cc(N3CCc4ccccc4C3)ncn2)cc1. The Morgan fingerprint density at radius 1 is 1.00 bits per heavy atom. The van der Waals surface area contributed by atoms with Crippen LogP contribution >= 0.6 is 0 Å². The van der Waals surface area contributed by atoms with Crippen LogP contribution in [0, 0.1) is 5.82 Å². The molecule has 0 saturated carbocycles. The first-order valence-corrected chi connectivity index (χ1v) is 8.40. The fourth-order valence-corrected chi connectivity index (χ4v) is 3.10. The number of halogens is 1. The molecule has 2 aromatic carbocycles. The van der Waals surface area contributed by atoms with Crippen LogP contribution in [0.1, 0.15) is 16.7 Å². The second kappa shape index (κ2) is 6.89. The summed E-state index contributed by atoms with van der Waals surface area (Å²) in [5.41, 5.74) is 3.78. The second-order valence-electron chi connectivity index (χ2n) is 6.18. The number of nitrogens with one attached hydrogen (secondary N) is 1. The van der Waals surface area contributed by atoms with E-state index in [9.17, 15) is 4.39 Å². The summed E-state index contributed by atoms with van der Waals surface area (Å²) in [6, 6.07) is 17.0. The Morgan fingerprint density at radius 2 is 1.80 bits per heavy atom. The van der Waals surface area contributed by atoms with Crippen molar-refractivity contribution in [1.29, 1.82) is 0 Å². The van der Waals surface area contributed by atoms with Gasteiger partial charge < -0.3 is 10.2 Å². The first-order chi connectivity index (χ1) is 12.3. The average molecular weight is 334 g/mol. The van der Waals surface area contributed by atoms with E-state index >= 15 is 0 Å². The van der Waals surface area contributed by atoms with Gasteiger partial charge in [-0.15, -0.1) is 0 Å². The fourth-order valence-electron chi connectivity index (χ4n) is 3.10. The van der Waals surface area contributed by atoms with E-state index in [1.807, 2.05) is 6.07 Å². The molecule has 0 aliphatic carbocycles. The van der Waals surface area contributed by atoms with E-state index in [0.29, 0.717) is 6.54 Å². The van der Waals surface area contributed by atoms with Crippen LogP contribution < -0.4 is 10.2 Å². The Morgan fingerprint density at radius 3 is 2.64 bits per heavy atom. The normalized spacial score (nSPS) is 13.4. The smallest absolute Gasteiger partial charge is 0.134 e. The van der Waals surface area contributed by atoms with Crippen LogP contribution in [-0.2, 0) is 19.5 Å². The number of anilines is 2. The van der Waals surface area contributed by atoms with Crippen molar-refractivity contribution in [2.24, 2.45) is 0 Å². The molecule has 25 heavy (non-hydrogen) atoms. The molecule has 2 heterocycles. The summed E-state index contributed by atoms with van der Waals surface area (Å²) in [6.07, 6.45) is 2.61. The molecule has 4 nitrogen and oxygen atoms in total. The van der Waals surface area contributed by atoms with Gasteiger partial charge in [-0.2, -0.15) is 0 Å². The van der Waals surface area contributed by atoms with E-state index in [1.54, 1.807) is 18.5 Å². The summed E-state index contributed by atoms with van der Waals surface area (Å²) in [6.45, 7) is 2.41. The summed E-state index contributed by atoms with van der Waals surface area (Å²) >= 11 is 0. The molecular formula is C20H19FN4. The highest BCUT2D eigenvalue weighted by atomic mass is 19.1. The van der Waals surface area contributed by atoms with Gasteiger partial charge in [0.15, 0.2) is 0 Å². The highest BCUT2D eigenvalue weighted by molar-refractivity contribution is 5.50. The van der Waals surface area contributed by atoms with Gasteiger partial charge in [-0.1, -0.05) is 36.4 Å². The number of hydrogen-bond acceptors (Lipinski definition) is 4. The van der Waals surface area contributed by atoms with Gasteiger partial charge in [0.25, 0.3) is 0 Å². The Kier molecular flexibility index (Phi) is 4.29.